The zero-order chi connectivity index (χ0) is 11.4. The Morgan fingerprint density at radius 1 is 1.19 bits per heavy atom. The van der Waals surface area contributed by atoms with Crippen molar-refractivity contribution in [1.82, 2.24) is 5.32 Å². The van der Waals surface area contributed by atoms with E-state index in [0.717, 1.165) is 6.54 Å². The summed E-state index contributed by atoms with van der Waals surface area (Å²) in [7, 11) is 3.33. The third-order valence-electron chi connectivity index (χ3n) is 3.21. The van der Waals surface area contributed by atoms with E-state index in [1.807, 2.05) is 6.07 Å². The van der Waals surface area contributed by atoms with Gasteiger partial charge in [-0.25, -0.2) is 0 Å². The van der Waals surface area contributed by atoms with E-state index < -0.39 is 0 Å². The Kier molecular flexibility index (Phi) is 3.59. The van der Waals surface area contributed by atoms with Crippen LogP contribution in [-0.4, -0.2) is 27.1 Å². The fourth-order valence-electron chi connectivity index (χ4n) is 1.99. The summed E-state index contributed by atoms with van der Waals surface area (Å²) >= 11 is 0. The topological polar surface area (TPSA) is 30.5 Å². The Hall–Kier alpha value is -0.900. The lowest BCUT2D eigenvalue weighted by Gasteiger charge is -2.21. The van der Waals surface area contributed by atoms with Crippen molar-refractivity contribution < 1.29 is 9.47 Å². The molecule has 2 rings (SSSR count). The normalized spacial score (nSPS) is 17.7. The minimum atomic E-state index is -0.166. The SMILES string of the molecule is COC(CNC1(c2ccccc2)CC1)OC. The first-order chi connectivity index (χ1) is 7.80. The lowest BCUT2D eigenvalue weighted by atomic mass is 10.1. The molecular formula is C13H19NO2. The smallest absolute Gasteiger partial charge is 0.169 e. The third kappa shape index (κ3) is 2.43. The van der Waals surface area contributed by atoms with Crippen molar-refractivity contribution in [2.45, 2.75) is 24.7 Å². The van der Waals surface area contributed by atoms with Crippen LogP contribution in [0.1, 0.15) is 18.4 Å². The summed E-state index contributed by atoms with van der Waals surface area (Å²) in [6.45, 7) is 0.724. The molecule has 0 atom stereocenters. The highest BCUT2D eigenvalue weighted by molar-refractivity contribution is 5.29. The average Bonchev–Trinajstić information content (AvgIpc) is 3.13. The van der Waals surface area contributed by atoms with Crippen molar-refractivity contribution in [2.75, 3.05) is 20.8 Å². The summed E-state index contributed by atoms with van der Waals surface area (Å²) in [5.74, 6) is 0. The van der Waals surface area contributed by atoms with Gasteiger partial charge in [-0.3, -0.25) is 0 Å². The van der Waals surface area contributed by atoms with Gasteiger partial charge in [0.05, 0.1) is 0 Å². The number of methoxy groups -OCH3 is 2. The van der Waals surface area contributed by atoms with Crippen LogP contribution in [-0.2, 0) is 15.0 Å². The quantitative estimate of drug-likeness (QED) is 0.744. The zero-order valence-corrected chi connectivity index (χ0v) is 9.90. The number of rotatable bonds is 6. The molecule has 3 heteroatoms. The maximum atomic E-state index is 5.17. The van der Waals surface area contributed by atoms with Gasteiger partial charge in [-0.15, -0.1) is 0 Å². The maximum Gasteiger partial charge on any atom is 0.169 e. The molecule has 1 fully saturated rings. The largest absolute Gasteiger partial charge is 0.355 e. The monoisotopic (exact) mass is 221 g/mol. The Labute approximate surface area is 96.8 Å². The predicted molar refractivity (Wildman–Crippen MR) is 63.2 cm³/mol. The van der Waals surface area contributed by atoms with Gasteiger partial charge in [-0.2, -0.15) is 0 Å². The summed E-state index contributed by atoms with van der Waals surface area (Å²) in [5.41, 5.74) is 1.53. The summed E-state index contributed by atoms with van der Waals surface area (Å²) in [6, 6.07) is 10.6. The van der Waals surface area contributed by atoms with E-state index in [0.29, 0.717) is 0 Å². The van der Waals surface area contributed by atoms with E-state index in [1.165, 1.54) is 18.4 Å². The number of hydrogen-bond acceptors (Lipinski definition) is 3. The molecule has 88 valence electrons. The molecule has 0 amide bonds. The second-order valence-electron chi connectivity index (χ2n) is 4.23. The fraction of sp³-hybridized carbons (Fsp3) is 0.538. The highest BCUT2D eigenvalue weighted by Crippen LogP contribution is 2.45. The maximum absolute atomic E-state index is 5.17. The summed E-state index contributed by atoms with van der Waals surface area (Å²) < 4.78 is 10.3. The molecule has 0 aromatic heterocycles. The van der Waals surface area contributed by atoms with Gasteiger partial charge >= 0.3 is 0 Å². The van der Waals surface area contributed by atoms with Crippen molar-refractivity contribution >= 4 is 0 Å². The average molecular weight is 221 g/mol. The molecule has 1 N–H and O–H groups in total. The molecule has 1 aromatic carbocycles. The van der Waals surface area contributed by atoms with Crippen LogP contribution >= 0.6 is 0 Å². The summed E-state index contributed by atoms with van der Waals surface area (Å²) in [6.07, 6.45) is 2.22. The molecule has 1 aliphatic carbocycles. The number of benzene rings is 1. The van der Waals surface area contributed by atoms with Crippen molar-refractivity contribution in [3.05, 3.63) is 35.9 Å². The summed E-state index contributed by atoms with van der Waals surface area (Å²) in [5, 5.41) is 3.54. The van der Waals surface area contributed by atoms with E-state index in [2.05, 4.69) is 29.6 Å². The van der Waals surface area contributed by atoms with Crippen molar-refractivity contribution in [3.63, 3.8) is 0 Å². The molecule has 1 saturated carbocycles. The van der Waals surface area contributed by atoms with E-state index in [4.69, 9.17) is 9.47 Å². The fourth-order valence-corrected chi connectivity index (χ4v) is 1.99. The van der Waals surface area contributed by atoms with Crippen molar-refractivity contribution in [1.29, 1.82) is 0 Å². The van der Waals surface area contributed by atoms with Crippen LogP contribution in [0.4, 0.5) is 0 Å². The molecule has 3 nitrogen and oxygen atoms in total. The first kappa shape index (κ1) is 11.6. The van der Waals surface area contributed by atoms with E-state index >= 15 is 0 Å². The van der Waals surface area contributed by atoms with Gasteiger partial charge in [-0.1, -0.05) is 30.3 Å². The molecule has 0 bridgehead atoms. The van der Waals surface area contributed by atoms with Crippen LogP contribution in [0.25, 0.3) is 0 Å². The molecule has 0 spiro atoms. The molecule has 0 aliphatic heterocycles. The van der Waals surface area contributed by atoms with Crippen molar-refractivity contribution in [2.24, 2.45) is 0 Å². The molecule has 0 saturated heterocycles. The van der Waals surface area contributed by atoms with Crippen molar-refractivity contribution in [3.8, 4) is 0 Å². The molecule has 1 aromatic rings. The third-order valence-corrected chi connectivity index (χ3v) is 3.21. The van der Waals surface area contributed by atoms with Gasteiger partial charge in [-0.05, 0) is 18.4 Å². The zero-order valence-electron chi connectivity index (χ0n) is 9.90. The van der Waals surface area contributed by atoms with Crippen LogP contribution in [0.3, 0.4) is 0 Å². The van der Waals surface area contributed by atoms with E-state index in [1.54, 1.807) is 14.2 Å². The molecule has 0 unspecified atom stereocenters. The number of hydrogen-bond donors (Lipinski definition) is 1. The van der Waals surface area contributed by atoms with Crippen LogP contribution in [0, 0.1) is 0 Å². The van der Waals surface area contributed by atoms with Gasteiger partial charge in [0.15, 0.2) is 6.29 Å². The molecular weight excluding hydrogens is 202 g/mol. The van der Waals surface area contributed by atoms with Crippen LogP contribution in [0.15, 0.2) is 30.3 Å². The van der Waals surface area contributed by atoms with Crippen LogP contribution in [0.5, 0.6) is 0 Å². The van der Waals surface area contributed by atoms with Gasteiger partial charge in [0, 0.05) is 26.3 Å². The van der Waals surface area contributed by atoms with Gasteiger partial charge < -0.3 is 14.8 Å². The Morgan fingerprint density at radius 3 is 2.31 bits per heavy atom. The second kappa shape index (κ2) is 4.95. The van der Waals surface area contributed by atoms with Gasteiger partial charge in [0.2, 0.25) is 0 Å². The first-order valence-corrected chi connectivity index (χ1v) is 5.67. The van der Waals surface area contributed by atoms with Crippen LogP contribution < -0.4 is 5.32 Å². The van der Waals surface area contributed by atoms with Crippen LogP contribution in [0.2, 0.25) is 0 Å². The van der Waals surface area contributed by atoms with Gasteiger partial charge in [0.1, 0.15) is 0 Å². The van der Waals surface area contributed by atoms with E-state index in [-0.39, 0.29) is 11.8 Å². The lowest BCUT2D eigenvalue weighted by Crippen LogP contribution is -2.37. The highest BCUT2D eigenvalue weighted by atomic mass is 16.7. The Balaban J connectivity index is 1.94. The molecule has 0 radical (unpaired) electrons. The second-order valence-corrected chi connectivity index (χ2v) is 4.23. The Morgan fingerprint density at radius 2 is 1.81 bits per heavy atom. The molecule has 0 heterocycles. The molecule has 16 heavy (non-hydrogen) atoms. The predicted octanol–water partition coefficient (Wildman–Crippen LogP) is 1.88. The first-order valence-electron chi connectivity index (χ1n) is 5.67. The number of ether oxygens (including phenoxy) is 2. The standard InChI is InChI=1S/C13H19NO2/c1-15-12(16-2)10-14-13(8-9-13)11-6-4-3-5-7-11/h3-7,12,14H,8-10H2,1-2H3. The highest BCUT2D eigenvalue weighted by Gasteiger charge is 2.43. The van der Waals surface area contributed by atoms with Gasteiger partial charge in [0.25, 0.3) is 0 Å². The van der Waals surface area contributed by atoms with E-state index in [9.17, 15) is 0 Å². The molecule has 1 aliphatic rings. The minimum Gasteiger partial charge on any atom is -0.355 e. The summed E-state index contributed by atoms with van der Waals surface area (Å²) in [4.78, 5) is 0. The minimum absolute atomic E-state index is 0.163. The Bertz CT molecular complexity index is 318. The lowest BCUT2D eigenvalue weighted by molar-refractivity contribution is -0.100. The number of nitrogens with one attached hydrogen (secondary N) is 1.